The van der Waals surface area contributed by atoms with Gasteiger partial charge in [-0.05, 0) is 123 Å². The average Bonchev–Trinajstić information content (AvgIpc) is 3.32. The topological polar surface area (TPSA) is 209 Å². The summed E-state index contributed by atoms with van der Waals surface area (Å²) in [6.07, 6.45) is 6.18. The Kier molecular flexibility index (Phi) is 16.9. The van der Waals surface area contributed by atoms with Crippen LogP contribution >= 0.6 is 0 Å². The Morgan fingerprint density at radius 3 is 1.20 bits per heavy atom. The maximum atomic E-state index is 13.0. The summed E-state index contributed by atoms with van der Waals surface area (Å²) in [5.74, 6) is -0.769. The van der Waals surface area contributed by atoms with Crippen molar-refractivity contribution in [1.82, 2.24) is 0 Å². The highest BCUT2D eigenvalue weighted by molar-refractivity contribution is 7.86. The number of pyridine rings is 2. The molecule has 0 saturated heterocycles. The third kappa shape index (κ3) is 14.2. The summed E-state index contributed by atoms with van der Waals surface area (Å²) < 4.78 is 66.7. The zero-order chi connectivity index (χ0) is 49.7. The lowest BCUT2D eigenvalue weighted by Gasteiger charge is -2.09. The second-order valence-electron chi connectivity index (χ2n) is 16.0. The number of nitrogens with one attached hydrogen (secondary N) is 3. The lowest BCUT2D eigenvalue weighted by molar-refractivity contribution is -0.671. The molecule has 2 aromatic heterocycles. The summed E-state index contributed by atoms with van der Waals surface area (Å²) in [5.41, 5.74) is 7.39. The van der Waals surface area contributed by atoms with Crippen molar-refractivity contribution in [2.75, 3.05) is 16.0 Å². The van der Waals surface area contributed by atoms with Crippen LogP contribution in [0.25, 0.3) is 21.8 Å². The molecule has 0 aliphatic heterocycles. The summed E-state index contributed by atoms with van der Waals surface area (Å²) in [6, 6.07) is 44.7. The third-order valence-corrected chi connectivity index (χ3v) is 12.3. The van der Waals surface area contributed by atoms with Gasteiger partial charge in [0.2, 0.25) is 11.0 Å². The number of amides is 3. The van der Waals surface area contributed by atoms with E-state index in [0.29, 0.717) is 33.8 Å². The highest BCUT2D eigenvalue weighted by Gasteiger charge is 2.15. The molecule has 0 spiro atoms. The summed E-state index contributed by atoms with van der Waals surface area (Å²) in [4.78, 5) is 38.5. The number of aryl methyl sites for hydroxylation is 4. The zero-order valence-electron chi connectivity index (χ0n) is 38.4. The quantitative estimate of drug-likeness (QED) is 0.0787. The molecular weight excluding hydrogens is 915 g/mol. The number of hydrogen-bond donors (Lipinski definition) is 3. The van der Waals surface area contributed by atoms with Gasteiger partial charge in [-0.3, -0.25) is 14.4 Å². The van der Waals surface area contributed by atoms with Crippen molar-refractivity contribution < 1.29 is 49.5 Å². The van der Waals surface area contributed by atoms with Crippen molar-refractivity contribution in [1.29, 1.82) is 0 Å². The van der Waals surface area contributed by atoms with E-state index in [1.165, 1.54) is 24.3 Å². The highest BCUT2D eigenvalue weighted by Crippen LogP contribution is 2.20. The van der Waals surface area contributed by atoms with Gasteiger partial charge in [0.05, 0.1) is 9.79 Å². The number of fused-ring (bicyclic) bond motifs is 2. The number of nitrogens with zero attached hydrogens (tertiary/aromatic N) is 2. The third-order valence-electron chi connectivity index (χ3n) is 10.6. The van der Waals surface area contributed by atoms with Gasteiger partial charge in [0.15, 0.2) is 12.4 Å². The van der Waals surface area contributed by atoms with Crippen LogP contribution in [0.3, 0.4) is 0 Å². The minimum Gasteiger partial charge on any atom is -0.744 e. The summed E-state index contributed by atoms with van der Waals surface area (Å²) in [7, 11) is -8.54. The predicted octanol–water partition coefficient (Wildman–Crippen LogP) is 8.94. The largest absolute Gasteiger partial charge is 0.744 e. The molecule has 6 aromatic carbocycles. The second kappa shape index (κ2) is 22.9. The fourth-order valence-electron chi connectivity index (χ4n) is 7.08. The number of carbonyl (C=O) groups is 3. The first-order valence-corrected chi connectivity index (χ1v) is 24.8. The van der Waals surface area contributed by atoms with Crippen molar-refractivity contribution >= 4 is 76.8 Å². The Bertz CT molecular complexity index is 3260. The van der Waals surface area contributed by atoms with E-state index in [2.05, 4.69) is 51.3 Å². The number of anilines is 3. The van der Waals surface area contributed by atoms with Crippen LogP contribution < -0.4 is 25.1 Å². The van der Waals surface area contributed by atoms with E-state index < -0.39 is 20.2 Å². The van der Waals surface area contributed by atoms with Crippen LogP contribution in [0.1, 0.15) is 68.9 Å². The molecule has 0 fully saturated rings. The molecule has 0 unspecified atom stereocenters. The summed E-state index contributed by atoms with van der Waals surface area (Å²) in [5, 5.41) is 10.8. The molecule has 14 nitrogen and oxygen atoms in total. The fourth-order valence-corrected chi connectivity index (χ4v) is 8.02. The normalized spacial score (nSPS) is 11.1. The zero-order valence-corrected chi connectivity index (χ0v) is 40.0. The van der Waals surface area contributed by atoms with Crippen LogP contribution in [0.5, 0.6) is 0 Å². The van der Waals surface area contributed by atoms with Gasteiger partial charge < -0.3 is 25.1 Å². The molecule has 0 bridgehead atoms. The lowest BCUT2D eigenvalue weighted by Crippen LogP contribution is -2.33. The monoisotopic (exact) mass is 965 g/mol. The standard InChI is InChI=1S/C39H35N5O3.2C7H8O3S/c1-3-21-43-23-5-7-29-25-31(13-19-35(29)43)39(47)41-33-16-14-32(15-17-33)40-37(45)27-9-11-28(12-10-27)38(46)42-34-18-20-36-30(26-34)8-6-24-44(36)22-4-2;2*1-6-2-4-7(5-3-6)11(8,9)10/h5-20,23-26H,3-4,21-22H2,1-2H3,(H-2,40,41,42,45,46,47);2*2-5H,1H3,(H,8,9,10). The van der Waals surface area contributed by atoms with Gasteiger partial charge in [-0.1, -0.05) is 49.2 Å². The van der Waals surface area contributed by atoms with Crippen molar-refractivity contribution in [3.63, 3.8) is 0 Å². The van der Waals surface area contributed by atoms with Gasteiger partial charge in [-0.25, -0.2) is 16.8 Å². The predicted molar refractivity (Wildman–Crippen MR) is 264 cm³/mol. The van der Waals surface area contributed by atoms with E-state index in [-0.39, 0.29) is 27.5 Å². The minimum atomic E-state index is -4.27. The average molecular weight is 966 g/mol. The molecule has 8 rings (SSSR count). The van der Waals surface area contributed by atoms with Gasteiger partial charge in [0.1, 0.15) is 33.3 Å². The van der Waals surface area contributed by atoms with Crippen LogP contribution in [0, 0.1) is 13.8 Å². The molecule has 3 N–H and O–H groups in total. The van der Waals surface area contributed by atoms with Crippen molar-refractivity contribution in [2.45, 2.75) is 63.4 Å². The van der Waals surface area contributed by atoms with Gasteiger partial charge in [-0.15, -0.1) is 0 Å². The number of aromatic nitrogens is 2. The SMILES string of the molecule is CCC[n+]1cccc2cc(NC(=O)c3ccc(C(=O)Nc4ccc(NC(=O)c5ccc6c(ccc[n+]6CCC)c5)cc4)cc3)ccc21.Cc1ccc(S(=O)(=O)[O-])cc1.Cc1ccc(S(=O)(=O)[O-])cc1. The number of carbonyl (C=O) groups excluding carboxylic acids is 3. The van der Waals surface area contributed by atoms with Crippen molar-refractivity contribution in [2.24, 2.45) is 0 Å². The fraction of sp³-hybridized carbons (Fsp3) is 0.151. The second-order valence-corrected chi connectivity index (χ2v) is 18.8. The van der Waals surface area contributed by atoms with Gasteiger partial charge >= 0.3 is 0 Å². The molecule has 0 atom stereocenters. The molecule has 0 aliphatic rings. The first-order chi connectivity index (χ1) is 32.9. The molecule has 8 aromatic rings. The molecular formula is C53H51N5O9S2. The Hall–Kier alpha value is -7.63. The molecule has 0 radical (unpaired) electrons. The van der Waals surface area contributed by atoms with E-state index in [0.717, 1.165) is 58.9 Å². The first-order valence-electron chi connectivity index (χ1n) is 22.0. The van der Waals surface area contributed by atoms with E-state index in [9.17, 15) is 40.3 Å². The number of hydrogen-bond acceptors (Lipinski definition) is 9. The smallest absolute Gasteiger partial charge is 0.255 e. The number of rotatable bonds is 12. The van der Waals surface area contributed by atoms with E-state index >= 15 is 0 Å². The van der Waals surface area contributed by atoms with E-state index in [1.807, 2.05) is 74.5 Å². The van der Waals surface area contributed by atoms with Crippen LogP contribution in [0.4, 0.5) is 17.1 Å². The molecule has 69 heavy (non-hydrogen) atoms. The summed E-state index contributed by atoms with van der Waals surface area (Å²) >= 11 is 0. The number of benzene rings is 6. The molecule has 16 heteroatoms. The Balaban J connectivity index is 0.000000290. The molecule has 0 saturated carbocycles. The van der Waals surface area contributed by atoms with Crippen molar-refractivity contribution in [3.8, 4) is 0 Å². The molecule has 354 valence electrons. The lowest BCUT2D eigenvalue weighted by atomic mass is 10.1. The van der Waals surface area contributed by atoms with Gasteiger partial charge in [-0.2, -0.15) is 9.13 Å². The highest BCUT2D eigenvalue weighted by atomic mass is 32.2. The maximum Gasteiger partial charge on any atom is 0.255 e. The maximum absolute atomic E-state index is 13.0. The van der Waals surface area contributed by atoms with Gasteiger partial charge in [0.25, 0.3) is 17.7 Å². The van der Waals surface area contributed by atoms with Crippen LogP contribution in [-0.4, -0.2) is 43.7 Å². The Morgan fingerprint density at radius 1 is 0.449 bits per heavy atom. The van der Waals surface area contributed by atoms with Crippen molar-refractivity contribution in [3.05, 3.63) is 198 Å². The Morgan fingerprint density at radius 2 is 0.797 bits per heavy atom. The summed E-state index contributed by atoms with van der Waals surface area (Å²) in [6.45, 7) is 9.77. The van der Waals surface area contributed by atoms with E-state index in [4.69, 9.17) is 0 Å². The first kappa shape index (κ1) is 50.8. The molecule has 0 aliphatic carbocycles. The van der Waals surface area contributed by atoms with E-state index in [1.54, 1.807) is 72.8 Å². The van der Waals surface area contributed by atoms with Crippen LogP contribution in [0.2, 0.25) is 0 Å². The Labute approximate surface area is 401 Å². The molecule has 2 heterocycles. The van der Waals surface area contributed by atoms with Crippen LogP contribution in [0.15, 0.2) is 180 Å². The molecule has 3 amide bonds. The van der Waals surface area contributed by atoms with Crippen LogP contribution in [-0.2, 0) is 33.3 Å². The van der Waals surface area contributed by atoms with Gasteiger partial charge in [0, 0.05) is 81.6 Å². The minimum absolute atomic E-state index is 0.178.